The Labute approximate surface area is 111 Å². The van der Waals surface area contributed by atoms with Crippen LogP contribution in [0.15, 0.2) is 6.07 Å². The number of aryl methyl sites for hydroxylation is 1. The molecule has 0 radical (unpaired) electrons. The number of fused-ring (bicyclic) bond motifs is 1. The molecule has 17 heavy (non-hydrogen) atoms. The number of hydrogen-bond donors (Lipinski definition) is 1. The van der Waals surface area contributed by atoms with E-state index in [1.165, 1.54) is 10.4 Å². The Bertz CT molecular complexity index is 419. The van der Waals surface area contributed by atoms with Gasteiger partial charge in [0, 0.05) is 24.5 Å². The molecule has 0 bridgehead atoms. The number of hydrogen-bond acceptors (Lipinski definition) is 3. The Morgan fingerprint density at radius 1 is 1.71 bits per heavy atom. The van der Waals surface area contributed by atoms with Gasteiger partial charge in [0.05, 0.1) is 10.9 Å². The molecule has 0 fully saturated rings. The van der Waals surface area contributed by atoms with Gasteiger partial charge >= 0.3 is 0 Å². The van der Waals surface area contributed by atoms with Crippen LogP contribution in [0.25, 0.3) is 0 Å². The average molecular weight is 273 g/mol. The van der Waals surface area contributed by atoms with Gasteiger partial charge in [0.2, 0.25) is 5.91 Å². The minimum Gasteiger partial charge on any atom is -0.345 e. The molecule has 94 valence electrons. The van der Waals surface area contributed by atoms with E-state index in [4.69, 9.17) is 11.6 Å². The van der Waals surface area contributed by atoms with Crippen LogP contribution in [-0.2, 0) is 11.2 Å². The number of carbonyl (C=O) groups is 1. The third-order valence-corrected chi connectivity index (χ3v) is 4.59. The van der Waals surface area contributed by atoms with E-state index in [0.717, 1.165) is 23.7 Å². The van der Waals surface area contributed by atoms with Crippen LogP contribution >= 0.6 is 22.9 Å². The highest BCUT2D eigenvalue weighted by Gasteiger charge is 2.25. The number of nitrogens with zero attached hydrogens (tertiary/aromatic N) is 1. The molecule has 0 saturated heterocycles. The number of amides is 1. The zero-order chi connectivity index (χ0) is 12.4. The fourth-order valence-corrected chi connectivity index (χ4v) is 3.42. The lowest BCUT2D eigenvalue weighted by atomic mass is 10.2. The van der Waals surface area contributed by atoms with Crippen LogP contribution in [0, 0.1) is 0 Å². The summed E-state index contributed by atoms with van der Waals surface area (Å²) in [6, 6.07) is 2.32. The summed E-state index contributed by atoms with van der Waals surface area (Å²) in [5.41, 5.74) is 1.28. The highest BCUT2D eigenvalue weighted by molar-refractivity contribution is 7.16. The van der Waals surface area contributed by atoms with Gasteiger partial charge in [0.15, 0.2) is 0 Å². The lowest BCUT2D eigenvalue weighted by molar-refractivity contribution is -0.128. The highest BCUT2D eigenvalue weighted by atomic mass is 35.5. The van der Waals surface area contributed by atoms with Crippen molar-refractivity contribution in [3.05, 3.63) is 20.8 Å². The SMILES string of the molecule is CCN(C)C(=O)CNC1CCc2sc(Cl)cc21. The number of rotatable bonds is 4. The first-order valence-corrected chi connectivity index (χ1v) is 7.06. The Morgan fingerprint density at radius 2 is 2.47 bits per heavy atom. The number of halogens is 1. The Hall–Kier alpha value is -0.580. The van der Waals surface area contributed by atoms with E-state index in [0.29, 0.717) is 12.6 Å². The third kappa shape index (κ3) is 2.81. The van der Waals surface area contributed by atoms with Crippen LogP contribution in [0.5, 0.6) is 0 Å². The molecule has 1 aromatic heterocycles. The summed E-state index contributed by atoms with van der Waals surface area (Å²) in [7, 11) is 1.82. The summed E-state index contributed by atoms with van der Waals surface area (Å²) in [5, 5.41) is 3.32. The fraction of sp³-hybridized carbons (Fsp3) is 0.583. The fourth-order valence-electron chi connectivity index (χ4n) is 2.06. The van der Waals surface area contributed by atoms with Gasteiger partial charge in [-0.05, 0) is 31.4 Å². The molecular weight excluding hydrogens is 256 g/mol. The molecule has 3 nitrogen and oxygen atoms in total. The van der Waals surface area contributed by atoms with Crippen molar-refractivity contribution in [1.29, 1.82) is 0 Å². The Balaban J connectivity index is 1.91. The van der Waals surface area contributed by atoms with Gasteiger partial charge in [-0.2, -0.15) is 0 Å². The van der Waals surface area contributed by atoms with Crippen molar-refractivity contribution in [1.82, 2.24) is 10.2 Å². The van der Waals surface area contributed by atoms with E-state index in [1.54, 1.807) is 16.2 Å². The van der Waals surface area contributed by atoms with Crippen LogP contribution < -0.4 is 5.32 Å². The summed E-state index contributed by atoms with van der Waals surface area (Å²) in [6.07, 6.45) is 2.14. The predicted octanol–water partition coefficient (Wildman–Crippen LogP) is 2.46. The standard InChI is InChI=1S/C12H17ClN2OS/c1-3-15(2)12(16)7-14-9-4-5-10-8(9)6-11(13)17-10/h6,9,14H,3-5,7H2,1-2H3. The van der Waals surface area contributed by atoms with E-state index in [9.17, 15) is 4.79 Å². The molecular formula is C12H17ClN2OS. The van der Waals surface area contributed by atoms with Crippen molar-refractivity contribution in [2.45, 2.75) is 25.8 Å². The molecule has 1 N–H and O–H groups in total. The van der Waals surface area contributed by atoms with Gasteiger partial charge in [0.1, 0.15) is 0 Å². The van der Waals surface area contributed by atoms with E-state index < -0.39 is 0 Å². The number of carbonyl (C=O) groups excluding carboxylic acids is 1. The first-order chi connectivity index (χ1) is 8.11. The van der Waals surface area contributed by atoms with Crippen molar-refractivity contribution in [3.63, 3.8) is 0 Å². The largest absolute Gasteiger partial charge is 0.345 e. The minimum absolute atomic E-state index is 0.141. The zero-order valence-corrected chi connectivity index (χ0v) is 11.7. The summed E-state index contributed by atoms with van der Waals surface area (Å²) in [4.78, 5) is 14.8. The van der Waals surface area contributed by atoms with Gasteiger partial charge in [-0.1, -0.05) is 11.6 Å². The summed E-state index contributed by atoms with van der Waals surface area (Å²) in [5.74, 6) is 0.141. The zero-order valence-electron chi connectivity index (χ0n) is 10.1. The second-order valence-electron chi connectivity index (χ2n) is 4.31. The molecule has 1 aromatic rings. The van der Waals surface area contributed by atoms with Gasteiger partial charge < -0.3 is 10.2 Å². The molecule has 1 heterocycles. The number of nitrogens with one attached hydrogen (secondary N) is 1. The van der Waals surface area contributed by atoms with Crippen LogP contribution in [0.2, 0.25) is 4.34 Å². The average Bonchev–Trinajstić information content (AvgIpc) is 2.84. The molecule has 0 aromatic carbocycles. The van der Waals surface area contributed by atoms with Crippen molar-refractivity contribution in [3.8, 4) is 0 Å². The van der Waals surface area contributed by atoms with E-state index in [-0.39, 0.29) is 5.91 Å². The van der Waals surface area contributed by atoms with Crippen molar-refractivity contribution < 1.29 is 4.79 Å². The van der Waals surface area contributed by atoms with Crippen molar-refractivity contribution in [2.24, 2.45) is 0 Å². The monoisotopic (exact) mass is 272 g/mol. The minimum atomic E-state index is 0.141. The molecule has 1 aliphatic rings. The Kier molecular flexibility index (Phi) is 4.07. The molecule has 0 saturated carbocycles. The smallest absolute Gasteiger partial charge is 0.236 e. The molecule has 5 heteroatoms. The van der Waals surface area contributed by atoms with Crippen LogP contribution in [0.3, 0.4) is 0 Å². The molecule has 0 aliphatic heterocycles. The van der Waals surface area contributed by atoms with E-state index in [1.807, 2.05) is 20.0 Å². The number of thiophene rings is 1. The van der Waals surface area contributed by atoms with E-state index >= 15 is 0 Å². The molecule has 1 atom stereocenters. The summed E-state index contributed by atoms with van der Waals surface area (Å²) < 4.78 is 0.846. The van der Waals surface area contributed by atoms with Gasteiger partial charge in [-0.15, -0.1) is 11.3 Å². The molecule has 1 unspecified atom stereocenters. The predicted molar refractivity (Wildman–Crippen MR) is 71.7 cm³/mol. The second-order valence-corrected chi connectivity index (χ2v) is 6.08. The highest BCUT2D eigenvalue weighted by Crippen LogP contribution is 2.39. The van der Waals surface area contributed by atoms with Crippen LogP contribution in [0.4, 0.5) is 0 Å². The first-order valence-electron chi connectivity index (χ1n) is 5.87. The maximum absolute atomic E-state index is 11.7. The summed E-state index contributed by atoms with van der Waals surface area (Å²) in [6.45, 7) is 3.13. The second kappa shape index (κ2) is 5.38. The third-order valence-electron chi connectivity index (χ3n) is 3.25. The van der Waals surface area contributed by atoms with Crippen molar-refractivity contribution in [2.75, 3.05) is 20.1 Å². The van der Waals surface area contributed by atoms with Crippen molar-refractivity contribution >= 4 is 28.8 Å². The molecule has 1 aliphatic carbocycles. The molecule has 2 rings (SSSR count). The van der Waals surface area contributed by atoms with E-state index in [2.05, 4.69) is 5.32 Å². The lowest BCUT2D eigenvalue weighted by Gasteiger charge is -2.17. The van der Waals surface area contributed by atoms with Crippen LogP contribution in [0.1, 0.15) is 29.8 Å². The number of likely N-dealkylation sites (N-methyl/N-ethyl adjacent to an activating group) is 1. The van der Waals surface area contributed by atoms with Gasteiger partial charge in [-0.25, -0.2) is 0 Å². The topological polar surface area (TPSA) is 32.3 Å². The van der Waals surface area contributed by atoms with Gasteiger partial charge in [0.25, 0.3) is 0 Å². The maximum atomic E-state index is 11.7. The molecule has 0 spiro atoms. The van der Waals surface area contributed by atoms with Crippen LogP contribution in [-0.4, -0.2) is 30.9 Å². The quantitative estimate of drug-likeness (QED) is 0.913. The Morgan fingerprint density at radius 3 is 3.18 bits per heavy atom. The normalized spacial score (nSPS) is 18.2. The maximum Gasteiger partial charge on any atom is 0.236 e. The first kappa shape index (κ1) is 12.9. The molecule has 1 amide bonds. The summed E-state index contributed by atoms with van der Waals surface area (Å²) >= 11 is 7.65. The lowest BCUT2D eigenvalue weighted by Crippen LogP contribution is -2.36. The van der Waals surface area contributed by atoms with Gasteiger partial charge in [-0.3, -0.25) is 4.79 Å².